The minimum atomic E-state index is -0.698. The highest BCUT2D eigenvalue weighted by atomic mass is 19.1. The molecule has 4 aromatic rings. The first-order valence-corrected chi connectivity index (χ1v) is 9.67. The van der Waals surface area contributed by atoms with E-state index in [1.54, 1.807) is 30.3 Å². The zero-order valence-corrected chi connectivity index (χ0v) is 16.2. The van der Waals surface area contributed by atoms with Gasteiger partial charge in [-0.2, -0.15) is 5.10 Å². The lowest BCUT2D eigenvalue weighted by atomic mass is 9.93. The first-order valence-electron chi connectivity index (χ1n) is 9.67. The summed E-state index contributed by atoms with van der Waals surface area (Å²) in [7, 11) is 0. The molecular formula is C24H17FN4O2. The van der Waals surface area contributed by atoms with Gasteiger partial charge >= 0.3 is 0 Å². The van der Waals surface area contributed by atoms with E-state index in [9.17, 15) is 14.0 Å². The molecule has 3 aromatic carbocycles. The van der Waals surface area contributed by atoms with E-state index in [4.69, 9.17) is 5.73 Å². The molecule has 31 heavy (non-hydrogen) atoms. The molecule has 0 spiro atoms. The van der Waals surface area contributed by atoms with Gasteiger partial charge in [0.1, 0.15) is 11.5 Å². The number of rotatable bonds is 4. The predicted octanol–water partition coefficient (Wildman–Crippen LogP) is 3.81. The van der Waals surface area contributed by atoms with Crippen molar-refractivity contribution in [2.75, 3.05) is 0 Å². The summed E-state index contributed by atoms with van der Waals surface area (Å²) in [6.07, 6.45) is 0. The number of carbonyl (C=O) groups is 2. The van der Waals surface area contributed by atoms with Crippen molar-refractivity contribution in [1.82, 2.24) is 15.5 Å². The summed E-state index contributed by atoms with van der Waals surface area (Å²) in [5.41, 5.74) is 9.84. The number of benzene rings is 3. The number of fused-ring (bicyclic) bond motifs is 1. The fourth-order valence-corrected chi connectivity index (χ4v) is 3.93. The van der Waals surface area contributed by atoms with Crippen LogP contribution < -0.4 is 11.1 Å². The van der Waals surface area contributed by atoms with E-state index in [0.29, 0.717) is 33.6 Å². The summed E-state index contributed by atoms with van der Waals surface area (Å²) in [6, 6.07) is 20.2. The molecular weight excluding hydrogens is 395 g/mol. The fraction of sp³-hybridized carbons (Fsp3) is 0.0417. The average molecular weight is 412 g/mol. The van der Waals surface area contributed by atoms with Crippen molar-refractivity contribution in [2.45, 2.75) is 6.04 Å². The van der Waals surface area contributed by atoms with Gasteiger partial charge in [0.15, 0.2) is 0 Å². The Kier molecular flexibility index (Phi) is 4.36. The van der Waals surface area contributed by atoms with Gasteiger partial charge < -0.3 is 11.1 Å². The van der Waals surface area contributed by atoms with E-state index in [0.717, 1.165) is 11.1 Å². The van der Waals surface area contributed by atoms with E-state index in [2.05, 4.69) is 15.5 Å². The minimum Gasteiger partial charge on any atom is -0.366 e. The van der Waals surface area contributed by atoms with Crippen LogP contribution in [0.4, 0.5) is 4.39 Å². The third-order valence-electron chi connectivity index (χ3n) is 5.43. The van der Waals surface area contributed by atoms with Crippen molar-refractivity contribution in [3.63, 3.8) is 0 Å². The SMILES string of the molecule is NC(=O)c1cccc(-c2ccc(F)c(C3NC(=O)c4[nH]nc(-c5ccccc5)c43)c2)c1. The molecule has 5 rings (SSSR count). The van der Waals surface area contributed by atoms with Crippen LogP contribution in [0.1, 0.15) is 38.0 Å². The van der Waals surface area contributed by atoms with Gasteiger partial charge in [0.25, 0.3) is 5.91 Å². The zero-order chi connectivity index (χ0) is 21.5. The standard InChI is InChI=1S/C24H17FN4O2/c25-18-10-9-15(14-7-4-8-16(11-14)23(26)30)12-17(18)21-19-20(13-5-2-1-3-6-13)28-29-22(19)24(31)27-21/h1-12,21H,(H2,26,30)(H,27,31)(H,28,29). The maximum absolute atomic E-state index is 15.0. The molecule has 1 aliphatic heterocycles. The molecule has 2 amide bonds. The van der Waals surface area contributed by atoms with Crippen molar-refractivity contribution < 1.29 is 14.0 Å². The molecule has 0 bridgehead atoms. The second-order valence-electron chi connectivity index (χ2n) is 7.31. The normalized spacial score (nSPS) is 14.9. The lowest BCUT2D eigenvalue weighted by Gasteiger charge is -2.16. The van der Waals surface area contributed by atoms with E-state index >= 15 is 0 Å². The molecule has 0 saturated carbocycles. The van der Waals surface area contributed by atoms with Gasteiger partial charge in [0, 0.05) is 22.3 Å². The number of carbonyl (C=O) groups excluding carboxylic acids is 2. The monoisotopic (exact) mass is 412 g/mol. The number of aromatic amines is 1. The molecule has 0 fully saturated rings. The van der Waals surface area contributed by atoms with Gasteiger partial charge in [-0.3, -0.25) is 14.7 Å². The third-order valence-corrected chi connectivity index (χ3v) is 5.43. The highest BCUT2D eigenvalue weighted by molar-refractivity contribution is 6.00. The number of amides is 2. The van der Waals surface area contributed by atoms with E-state index in [1.807, 2.05) is 36.4 Å². The zero-order valence-electron chi connectivity index (χ0n) is 16.2. The maximum atomic E-state index is 15.0. The van der Waals surface area contributed by atoms with Crippen LogP contribution >= 0.6 is 0 Å². The molecule has 1 aromatic heterocycles. The molecule has 1 unspecified atom stereocenters. The number of primary amides is 1. The number of nitrogens with one attached hydrogen (secondary N) is 2. The molecule has 0 saturated heterocycles. The number of H-pyrrole nitrogens is 1. The summed E-state index contributed by atoms with van der Waals surface area (Å²) < 4.78 is 15.0. The Morgan fingerprint density at radius 1 is 0.935 bits per heavy atom. The van der Waals surface area contributed by atoms with Crippen molar-refractivity contribution >= 4 is 11.8 Å². The smallest absolute Gasteiger partial charge is 0.270 e. The van der Waals surface area contributed by atoms with Crippen molar-refractivity contribution in [1.29, 1.82) is 0 Å². The highest BCUT2D eigenvalue weighted by Gasteiger charge is 2.36. The van der Waals surface area contributed by atoms with Crippen LogP contribution in [0.5, 0.6) is 0 Å². The third kappa shape index (κ3) is 3.16. The van der Waals surface area contributed by atoms with Gasteiger partial charge in [-0.1, -0.05) is 48.5 Å². The van der Waals surface area contributed by atoms with E-state index < -0.39 is 17.8 Å². The fourth-order valence-electron chi connectivity index (χ4n) is 3.93. The lowest BCUT2D eigenvalue weighted by molar-refractivity contribution is 0.0953. The topological polar surface area (TPSA) is 101 Å². The Bertz CT molecular complexity index is 1330. The van der Waals surface area contributed by atoms with Gasteiger partial charge in [-0.25, -0.2) is 4.39 Å². The largest absolute Gasteiger partial charge is 0.366 e. The number of nitrogens with two attached hydrogens (primary N) is 1. The molecule has 0 radical (unpaired) electrons. The Morgan fingerprint density at radius 3 is 2.45 bits per heavy atom. The van der Waals surface area contributed by atoms with Crippen LogP contribution in [0, 0.1) is 5.82 Å². The van der Waals surface area contributed by atoms with Crippen molar-refractivity contribution in [3.8, 4) is 22.4 Å². The van der Waals surface area contributed by atoms with Crippen LogP contribution in [0.25, 0.3) is 22.4 Å². The van der Waals surface area contributed by atoms with Crippen molar-refractivity contribution in [2.24, 2.45) is 5.73 Å². The average Bonchev–Trinajstić information content (AvgIpc) is 3.36. The Morgan fingerprint density at radius 2 is 1.68 bits per heavy atom. The van der Waals surface area contributed by atoms with Crippen LogP contribution in [0.3, 0.4) is 0 Å². The summed E-state index contributed by atoms with van der Waals surface area (Å²) in [5.74, 6) is -1.33. The summed E-state index contributed by atoms with van der Waals surface area (Å²) in [6.45, 7) is 0. The second-order valence-corrected chi connectivity index (χ2v) is 7.31. The first-order chi connectivity index (χ1) is 15.0. The molecule has 6 nitrogen and oxygen atoms in total. The number of aromatic nitrogens is 2. The molecule has 1 atom stereocenters. The van der Waals surface area contributed by atoms with Crippen LogP contribution in [-0.2, 0) is 0 Å². The van der Waals surface area contributed by atoms with Crippen LogP contribution in [0.2, 0.25) is 0 Å². The molecule has 4 N–H and O–H groups in total. The molecule has 1 aliphatic rings. The van der Waals surface area contributed by atoms with E-state index in [-0.39, 0.29) is 5.91 Å². The summed E-state index contributed by atoms with van der Waals surface area (Å²) in [5, 5.41) is 9.95. The number of hydrogen-bond acceptors (Lipinski definition) is 3. The van der Waals surface area contributed by atoms with Gasteiger partial charge in [-0.05, 0) is 35.4 Å². The Balaban J connectivity index is 1.63. The van der Waals surface area contributed by atoms with Gasteiger partial charge in [-0.15, -0.1) is 0 Å². The number of hydrogen-bond donors (Lipinski definition) is 3. The van der Waals surface area contributed by atoms with Crippen LogP contribution in [-0.4, -0.2) is 22.0 Å². The first kappa shape index (κ1) is 18.7. The molecule has 2 heterocycles. The molecule has 152 valence electrons. The quantitative estimate of drug-likeness (QED) is 0.475. The highest BCUT2D eigenvalue weighted by Crippen LogP contribution is 2.39. The minimum absolute atomic E-state index is 0.313. The molecule has 0 aliphatic carbocycles. The van der Waals surface area contributed by atoms with Gasteiger partial charge in [0.2, 0.25) is 5.91 Å². The lowest BCUT2D eigenvalue weighted by Crippen LogP contribution is -2.22. The maximum Gasteiger partial charge on any atom is 0.270 e. The Hall–Kier alpha value is -4.26. The Labute approximate surface area is 176 Å². The molecule has 7 heteroatoms. The summed E-state index contributed by atoms with van der Waals surface area (Å²) >= 11 is 0. The van der Waals surface area contributed by atoms with Crippen LogP contribution in [0.15, 0.2) is 72.8 Å². The van der Waals surface area contributed by atoms with E-state index in [1.165, 1.54) is 6.07 Å². The van der Waals surface area contributed by atoms with Gasteiger partial charge in [0.05, 0.1) is 11.7 Å². The second kappa shape index (κ2) is 7.21. The van der Waals surface area contributed by atoms with Crippen molar-refractivity contribution in [3.05, 3.63) is 101 Å². The number of nitrogens with zero attached hydrogens (tertiary/aromatic N) is 1. The summed E-state index contributed by atoms with van der Waals surface area (Å²) in [4.78, 5) is 24.1. The number of halogens is 1. The predicted molar refractivity (Wildman–Crippen MR) is 114 cm³/mol.